The van der Waals surface area contributed by atoms with Gasteiger partial charge in [0.2, 0.25) is 0 Å². The number of urea groups is 1. The van der Waals surface area contributed by atoms with Gasteiger partial charge in [-0.05, 0) is 50.8 Å². The van der Waals surface area contributed by atoms with E-state index in [-0.39, 0.29) is 18.4 Å². The number of nitrogens with one attached hydrogen (secondary N) is 2. The lowest BCUT2D eigenvalue weighted by atomic mass is 9.94. The van der Waals surface area contributed by atoms with E-state index in [1.165, 1.54) is 0 Å². The predicted molar refractivity (Wildman–Crippen MR) is 137 cm³/mol. The van der Waals surface area contributed by atoms with E-state index in [0.29, 0.717) is 12.2 Å². The summed E-state index contributed by atoms with van der Waals surface area (Å²) in [5.41, 5.74) is 3.29. The van der Waals surface area contributed by atoms with E-state index in [1.54, 1.807) is 27.0 Å². The first-order valence-corrected chi connectivity index (χ1v) is 12.7. The number of aromatic nitrogens is 1. The molecule has 0 radical (unpaired) electrons. The number of benzene rings is 1. The smallest absolute Gasteiger partial charge is 0.418 e. The molecule has 9 nitrogen and oxygen atoms in total. The van der Waals surface area contributed by atoms with Crippen LogP contribution in [0.2, 0.25) is 0 Å². The third-order valence-corrected chi connectivity index (χ3v) is 6.55. The van der Waals surface area contributed by atoms with Crippen molar-refractivity contribution in [1.82, 2.24) is 20.5 Å². The molecular weight excluding hydrogens is 470 g/mol. The highest BCUT2D eigenvalue weighted by Gasteiger charge is 2.35. The number of imide groups is 1. The summed E-state index contributed by atoms with van der Waals surface area (Å²) in [5.74, 6) is -0.157. The fourth-order valence-corrected chi connectivity index (χ4v) is 4.73. The zero-order chi connectivity index (χ0) is 26.6. The van der Waals surface area contributed by atoms with Crippen LogP contribution in [-0.2, 0) is 17.7 Å². The van der Waals surface area contributed by atoms with Crippen LogP contribution in [0.5, 0.6) is 0 Å². The average molecular weight is 504 g/mol. The summed E-state index contributed by atoms with van der Waals surface area (Å²) < 4.78 is 5.51. The lowest BCUT2D eigenvalue weighted by Crippen LogP contribution is -2.53. The minimum atomic E-state index is -0.814. The molecule has 0 saturated heterocycles. The Bertz CT molecular complexity index is 1210. The topological polar surface area (TPSA) is 124 Å². The number of carbonyl (C=O) groups excluding carboxylic acids is 3. The van der Waals surface area contributed by atoms with Gasteiger partial charge in [0.1, 0.15) is 17.3 Å². The van der Waals surface area contributed by atoms with Crippen molar-refractivity contribution < 1.29 is 19.1 Å². The molecule has 2 aromatic rings. The van der Waals surface area contributed by atoms with E-state index >= 15 is 0 Å². The van der Waals surface area contributed by atoms with Gasteiger partial charge in [-0.1, -0.05) is 43.5 Å². The predicted octanol–water partition coefficient (Wildman–Crippen LogP) is 4.71. The molecule has 2 aliphatic rings. The second kappa shape index (κ2) is 11.0. The minimum Gasteiger partial charge on any atom is -0.443 e. The number of rotatable bonds is 5. The van der Waals surface area contributed by atoms with Crippen molar-refractivity contribution >= 4 is 18.0 Å². The van der Waals surface area contributed by atoms with Crippen molar-refractivity contribution in [3.05, 3.63) is 53.3 Å². The summed E-state index contributed by atoms with van der Waals surface area (Å²) in [5, 5.41) is 15.3. The Kier molecular flexibility index (Phi) is 7.77. The van der Waals surface area contributed by atoms with Crippen LogP contribution in [0.4, 0.5) is 9.59 Å². The van der Waals surface area contributed by atoms with E-state index in [0.717, 1.165) is 59.3 Å². The maximum Gasteiger partial charge on any atom is 0.418 e. The van der Waals surface area contributed by atoms with Crippen LogP contribution in [0.25, 0.3) is 11.1 Å². The number of hydrogen-bond acceptors (Lipinski definition) is 6. The van der Waals surface area contributed by atoms with Gasteiger partial charge in [0.05, 0.1) is 6.07 Å². The van der Waals surface area contributed by atoms with Gasteiger partial charge in [-0.3, -0.25) is 9.78 Å². The lowest BCUT2D eigenvalue weighted by Gasteiger charge is -2.34. The molecule has 1 unspecified atom stereocenters. The van der Waals surface area contributed by atoms with Crippen molar-refractivity contribution in [2.75, 3.05) is 0 Å². The summed E-state index contributed by atoms with van der Waals surface area (Å²) in [6.07, 6.45) is 5.70. The van der Waals surface area contributed by atoms with Crippen LogP contribution >= 0.6 is 0 Å². The maximum absolute atomic E-state index is 13.2. The number of ether oxygens (including phenoxy) is 1. The van der Waals surface area contributed by atoms with Crippen molar-refractivity contribution in [2.24, 2.45) is 0 Å². The molecule has 194 valence electrons. The molecular formula is C28H33N5O4. The van der Waals surface area contributed by atoms with Crippen LogP contribution in [0.1, 0.15) is 74.5 Å². The van der Waals surface area contributed by atoms with Gasteiger partial charge in [-0.15, -0.1) is 0 Å². The standard InChI is InChI=1S/C28H33N5O4/c1-28(2,3)37-27(36)33(23-7-5-4-6-8-23)26(35)32-22(15-29)13-18-9-11-19(12-10-18)20-14-21-17-31-25(34)24(21)30-16-20/h9-12,14,16,22-23H,4-8,13,17H2,1-3H3,(H,31,34)(H,32,35). The highest BCUT2D eigenvalue weighted by Crippen LogP contribution is 2.26. The van der Waals surface area contributed by atoms with Gasteiger partial charge in [-0.25, -0.2) is 14.5 Å². The normalized spacial score (nSPS) is 16.2. The van der Waals surface area contributed by atoms with Crippen molar-refractivity contribution in [2.45, 2.75) is 83.5 Å². The highest BCUT2D eigenvalue weighted by molar-refractivity contribution is 5.96. The van der Waals surface area contributed by atoms with E-state index in [2.05, 4.69) is 21.7 Å². The van der Waals surface area contributed by atoms with E-state index in [1.807, 2.05) is 30.3 Å². The number of hydrogen-bond donors (Lipinski definition) is 2. The van der Waals surface area contributed by atoms with Crippen LogP contribution < -0.4 is 10.6 Å². The summed E-state index contributed by atoms with van der Waals surface area (Å²) in [6, 6.07) is 10.1. The Morgan fingerprint density at radius 1 is 1.19 bits per heavy atom. The first-order chi connectivity index (χ1) is 17.6. The van der Waals surface area contributed by atoms with Crippen molar-refractivity contribution in [3.8, 4) is 17.2 Å². The molecule has 2 N–H and O–H groups in total. The molecule has 1 saturated carbocycles. The van der Waals surface area contributed by atoms with Gasteiger partial charge >= 0.3 is 12.1 Å². The van der Waals surface area contributed by atoms with Gasteiger partial charge in [-0.2, -0.15) is 5.26 Å². The number of amides is 4. The first-order valence-electron chi connectivity index (χ1n) is 12.7. The molecule has 1 aliphatic heterocycles. The second-order valence-electron chi connectivity index (χ2n) is 10.6. The molecule has 4 amide bonds. The summed E-state index contributed by atoms with van der Waals surface area (Å²) in [6.45, 7) is 5.76. The Morgan fingerprint density at radius 2 is 1.89 bits per heavy atom. The third-order valence-electron chi connectivity index (χ3n) is 6.55. The van der Waals surface area contributed by atoms with E-state index in [4.69, 9.17) is 4.74 Å². The Balaban J connectivity index is 1.43. The van der Waals surface area contributed by atoms with Crippen molar-refractivity contribution in [1.29, 1.82) is 5.26 Å². The Hall–Kier alpha value is -3.93. The fraction of sp³-hybridized carbons (Fsp3) is 0.464. The molecule has 4 rings (SSSR count). The van der Waals surface area contributed by atoms with Crippen molar-refractivity contribution in [3.63, 3.8) is 0 Å². The largest absolute Gasteiger partial charge is 0.443 e. The molecule has 1 aromatic heterocycles. The van der Waals surface area contributed by atoms with Gasteiger partial charge in [0.15, 0.2) is 0 Å². The van der Waals surface area contributed by atoms with Crippen LogP contribution in [0.3, 0.4) is 0 Å². The number of fused-ring (bicyclic) bond motifs is 1. The Labute approximate surface area is 217 Å². The molecule has 1 atom stereocenters. The maximum atomic E-state index is 13.2. The molecule has 9 heteroatoms. The summed E-state index contributed by atoms with van der Waals surface area (Å²) >= 11 is 0. The molecule has 0 spiro atoms. The number of nitriles is 1. The quantitative estimate of drug-likeness (QED) is 0.609. The van der Waals surface area contributed by atoms with Crippen LogP contribution in [0, 0.1) is 11.3 Å². The zero-order valence-electron chi connectivity index (χ0n) is 21.5. The average Bonchev–Trinajstić information content (AvgIpc) is 3.23. The number of nitrogens with zero attached hydrogens (tertiary/aromatic N) is 3. The van der Waals surface area contributed by atoms with E-state index < -0.39 is 23.8 Å². The summed E-state index contributed by atoms with van der Waals surface area (Å²) in [4.78, 5) is 43.3. The van der Waals surface area contributed by atoms with Gasteiger partial charge in [0.25, 0.3) is 5.91 Å². The molecule has 1 aliphatic carbocycles. The third kappa shape index (κ3) is 6.45. The molecule has 1 aromatic carbocycles. The van der Waals surface area contributed by atoms with Crippen LogP contribution in [0.15, 0.2) is 36.5 Å². The minimum absolute atomic E-state index is 0.157. The van der Waals surface area contributed by atoms with Gasteiger partial charge < -0.3 is 15.4 Å². The monoisotopic (exact) mass is 503 g/mol. The number of carbonyl (C=O) groups is 3. The second-order valence-corrected chi connectivity index (χ2v) is 10.6. The lowest BCUT2D eigenvalue weighted by molar-refractivity contribution is 0.0220. The highest BCUT2D eigenvalue weighted by atomic mass is 16.6. The molecule has 2 heterocycles. The van der Waals surface area contributed by atoms with E-state index in [9.17, 15) is 19.6 Å². The number of pyridine rings is 1. The first kappa shape index (κ1) is 26.1. The zero-order valence-corrected chi connectivity index (χ0v) is 21.5. The SMILES string of the molecule is CC(C)(C)OC(=O)N(C(=O)NC(C#N)Cc1ccc(-c2cnc3c(c2)CNC3=O)cc1)C1CCCCC1. The summed E-state index contributed by atoms with van der Waals surface area (Å²) in [7, 11) is 0. The molecule has 0 bridgehead atoms. The van der Waals surface area contributed by atoms with Gasteiger partial charge in [0, 0.05) is 36.3 Å². The van der Waals surface area contributed by atoms with Crippen LogP contribution in [-0.4, -0.2) is 45.6 Å². The fourth-order valence-electron chi connectivity index (χ4n) is 4.73. The molecule has 1 fully saturated rings. The Morgan fingerprint density at radius 3 is 2.54 bits per heavy atom. The molecule has 37 heavy (non-hydrogen) atoms.